The first kappa shape index (κ1) is 22.6. The summed E-state index contributed by atoms with van der Waals surface area (Å²) < 4.78 is 53.2. The van der Waals surface area contributed by atoms with Crippen molar-refractivity contribution in [1.29, 1.82) is 0 Å². The van der Waals surface area contributed by atoms with E-state index >= 15 is 0 Å². The maximum absolute atomic E-state index is 14.5. The number of aliphatic hydroxyl groups is 1. The lowest BCUT2D eigenvalue weighted by Crippen LogP contribution is -2.41. The zero-order chi connectivity index (χ0) is 21.6. The Labute approximate surface area is 164 Å². The van der Waals surface area contributed by atoms with Crippen molar-refractivity contribution in [3.63, 3.8) is 0 Å². The lowest BCUT2D eigenvalue weighted by atomic mass is 10.2. The molecule has 2 rings (SSSR count). The maximum Gasteiger partial charge on any atom is 0.315 e. The molecule has 1 atom stereocenters. The van der Waals surface area contributed by atoms with E-state index in [2.05, 4.69) is 0 Å². The Morgan fingerprint density at radius 3 is 2.55 bits per heavy atom. The molecule has 1 aromatic rings. The molecule has 2 amide bonds. The van der Waals surface area contributed by atoms with E-state index < -0.39 is 43.2 Å². The van der Waals surface area contributed by atoms with Gasteiger partial charge in [0.25, 0.3) is 5.91 Å². The van der Waals surface area contributed by atoms with E-state index in [-0.39, 0.29) is 39.0 Å². The number of nitrogens with one attached hydrogen (secondary N) is 1. The quantitative estimate of drug-likeness (QED) is 0.313. The zero-order valence-corrected chi connectivity index (χ0v) is 15.1. The molecular formula is C16H22F4N4O5. The molecule has 1 aliphatic heterocycles. The SMILES string of the molecule is O=CN1CCN(c2c(F)cc(N(O)C[C@@H](O)CNC(=O)C(F)F)cc2F)CCO1.[HH]. The molecule has 9 nitrogen and oxygen atoms in total. The Kier molecular flexibility index (Phi) is 7.99. The van der Waals surface area contributed by atoms with Gasteiger partial charge in [0.2, 0.25) is 6.41 Å². The number of alkyl halides is 2. The summed E-state index contributed by atoms with van der Waals surface area (Å²) in [4.78, 5) is 27.9. The van der Waals surface area contributed by atoms with Gasteiger partial charge < -0.3 is 15.3 Å². The lowest BCUT2D eigenvalue weighted by molar-refractivity contribution is -0.166. The Balaban J connectivity index is 0.00000450. The molecule has 1 heterocycles. The third kappa shape index (κ3) is 6.17. The highest BCUT2D eigenvalue weighted by atomic mass is 19.3. The second kappa shape index (κ2) is 10.2. The number of halogens is 4. The number of hydroxylamine groups is 3. The van der Waals surface area contributed by atoms with Crippen molar-refractivity contribution in [3.8, 4) is 0 Å². The van der Waals surface area contributed by atoms with E-state index in [9.17, 15) is 37.5 Å². The standard InChI is InChI=1S/C16H20F4N4O5.H2/c17-12-5-10(24(28)8-11(26)7-21-16(27)15(19)20)6-13(18)14(12)22-1-2-23(9-25)29-4-3-22;/h5-6,9,11,15,26,28H,1-4,7-8H2,(H,21,27);1H/t11-;/m0./s1. The van der Waals surface area contributed by atoms with Gasteiger partial charge in [-0.3, -0.25) is 24.7 Å². The van der Waals surface area contributed by atoms with E-state index in [1.165, 1.54) is 4.90 Å². The number of carbonyl (C=O) groups is 2. The predicted octanol–water partition coefficient (Wildman–Crippen LogP) is 0.359. The molecule has 0 radical (unpaired) electrons. The molecule has 3 N–H and O–H groups in total. The van der Waals surface area contributed by atoms with Gasteiger partial charge in [-0.05, 0) is 0 Å². The van der Waals surface area contributed by atoms with Crippen LogP contribution in [0.5, 0.6) is 0 Å². The molecule has 0 bridgehead atoms. The van der Waals surface area contributed by atoms with Gasteiger partial charge in [0.1, 0.15) is 5.69 Å². The number of hydrogen-bond donors (Lipinski definition) is 3. The van der Waals surface area contributed by atoms with E-state index in [1.54, 1.807) is 5.32 Å². The predicted molar refractivity (Wildman–Crippen MR) is 93.6 cm³/mol. The van der Waals surface area contributed by atoms with E-state index in [0.29, 0.717) is 11.5 Å². The highest BCUT2D eigenvalue weighted by Crippen LogP contribution is 2.29. The third-order valence-electron chi connectivity index (χ3n) is 4.04. The van der Waals surface area contributed by atoms with Gasteiger partial charge in [0.15, 0.2) is 11.6 Å². The van der Waals surface area contributed by atoms with Crippen LogP contribution in [0.4, 0.5) is 28.9 Å². The molecule has 0 spiro atoms. The van der Waals surface area contributed by atoms with Crippen LogP contribution in [0.25, 0.3) is 0 Å². The van der Waals surface area contributed by atoms with Gasteiger partial charge >= 0.3 is 6.43 Å². The Bertz CT molecular complexity index is 710. The summed E-state index contributed by atoms with van der Waals surface area (Å²) >= 11 is 0. The van der Waals surface area contributed by atoms with Crippen molar-refractivity contribution < 1.29 is 43.7 Å². The van der Waals surface area contributed by atoms with Gasteiger partial charge in [0, 0.05) is 33.2 Å². The number of hydrogen-bond acceptors (Lipinski definition) is 7. The first-order valence-corrected chi connectivity index (χ1v) is 8.52. The summed E-state index contributed by atoms with van der Waals surface area (Å²) in [6.07, 6.45) is -4.28. The fourth-order valence-corrected chi connectivity index (χ4v) is 2.64. The summed E-state index contributed by atoms with van der Waals surface area (Å²) in [5.74, 6) is -3.59. The van der Waals surface area contributed by atoms with Crippen molar-refractivity contribution in [2.75, 3.05) is 49.3 Å². The molecular weight excluding hydrogens is 404 g/mol. The van der Waals surface area contributed by atoms with Crippen molar-refractivity contribution in [3.05, 3.63) is 23.8 Å². The van der Waals surface area contributed by atoms with Crippen LogP contribution in [0.2, 0.25) is 0 Å². The molecule has 0 aromatic heterocycles. The van der Waals surface area contributed by atoms with Gasteiger partial charge in [-0.2, -0.15) is 8.78 Å². The number of nitrogens with zero attached hydrogens (tertiary/aromatic N) is 3. The molecule has 164 valence electrons. The van der Waals surface area contributed by atoms with Crippen LogP contribution >= 0.6 is 0 Å². The second-order valence-electron chi connectivity index (χ2n) is 6.11. The monoisotopic (exact) mass is 426 g/mol. The van der Waals surface area contributed by atoms with E-state index in [0.717, 1.165) is 17.2 Å². The number of aliphatic hydroxyl groups excluding tert-OH is 1. The fourth-order valence-electron chi connectivity index (χ4n) is 2.64. The molecule has 0 aliphatic carbocycles. The average Bonchev–Trinajstić information content (AvgIpc) is 2.90. The van der Waals surface area contributed by atoms with Gasteiger partial charge in [-0.1, -0.05) is 0 Å². The van der Waals surface area contributed by atoms with Gasteiger partial charge in [-0.15, -0.1) is 0 Å². The Morgan fingerprint density at radius 2 is 1.97 bits per heavy atom. The highest BCUT2D eigenvalue weighted by Gasteiger charge is 2.23. The Hall–Kier alpha value is -2.64. The lowest BCUT2D eigenvalue weighted by Gasteiger charge is -2.25. The first-order valence-electron chi connectivity index (χ1n) is 8.52. The molecule has 1 saturated heterocycles. The minimum atomic E-state index is -3.26. The molecule has 1 aliphatic rings. The van der Waals surface area contributed by atoms with Crippen molar-refractivity contribution >= 4 is 23.7 Å². The summed E-state index contributed by atoms with van der Waals surface area (Å²) in [7, 11) is 0. The first-order chi connectivity index (χ1) is 13.7. The average molecular weight is 426 g/mol. The van der Waals surface area contributed by atoms with Crippen LogP contribution in [0.1, 0.15) is 1.43 Å². The number of carbonyl (C=O) groups excluding carboxylic acids is 2. The molecule has 29 heavy (non-hydrogen) atoms. The summed E-state index contributed by atoms with van der Waals surface area (Å²) in [5.41, 5.74) is -0.702. The normalized spacial score (nSPS) is 15.8. The van der Waals surface area contributed by atoms with Crippen LogP contribution in [0.15, 0.2) is 12.1 Å². The Morgan fingerprint density at radius 1 is 1.31 bits per heavy atom. The highest BCUT2D eigenvalue weighted by molar-refractivity contribution is 5.79. The van der Waals surface area contributed by atoms with E-state index in [1.807, 2.05) is 0 Å². The summed E-state index contributed by atoms with van der Waals surface area (Å²) in [6.45, 7) is -0.854. The largest absolute Gasteiger partial charge is 0.389 e. The fraction of sp³-hybridized carbons (Fsp3) is 0.500. The van der Waals surface area contributed by atoms with Crippen LogP contribution in [-0.2, 0) is 14.4 Å². The number of amides is 2. The topological polar surface area (TPSA) is 106 Å². The zero-order valence-electron chi connectivity index (χ0n) is 15.1. The number of rotatable bonds is 8. The van der Waals surface area contributed by atoms with Gasteiger partial charge in [-0.25, -0.2) is 13.8 Å². The molecule has 1 aromatic carbocycles. The molecule has 13 heteroatoms. The third-order valence-corrected chi connectivity index (χ3v) is 4.04. The van der Waals surface area contributed by atoms with Crippen LogP contribution in [0.3, 0.4) is 0 Å². The van der Waals surface area contributed by atoms with Crippen molar-refractivity contribution in [1.82, 2.24) is 10.4 Å². The van der Waals surface area contributed by atoms with Gasteiger partial charge in [0.05, 0.1) is 31.5 Å². The molecule has 0 saturated carbocycles. The smallest absolute Gasteiger partial charge is 0.315 e. The van der Waals surface area contributed by atoms with E-state index in [4.69, 9.17) is 4.84 Å². The maximum atomic E-state index is 14.5. The minimum absolute atomic E-state index is 0. The molecule has 1 fully saturated rings. The summed E-state index contributed by atoms with van der Waals surface area (Å²) in [6, 6.07) is 1.65. The number of anilines is 2. The minimum Gasteiger partial charge on any atom is -0.389 e. The van der Waals surface area contributed by atoms with Crippen LogP contribution in [-0.4, -0.2) is 79.6 Å². The summed E-state index contributed by atoms with van der Waals surface area (Å²) in [5, 5.41) is 22.7. The molecule has 0 unspecified atom stereocenters. The van der Waals surface area contributed by atoms with Crippen LogP contribution < -0.4 is 15.3 Å². The van der Waals surface area contributed by atoms with Crippen molar-refractivity contribution in [2.45, 2.75) is 12.5 Å². The second-order valence-corrected chi connectivity index (χ2v) is 6.11. The van der Waals surface area contributed by atoms with Crippen LogP contribution in [0, 0.1) is 11.6 Å². The van der Waals surface area contributed by atoms with Crippen molar-refractivity contribution in [2.24, 2.45) is 0 Å². The number of benzene rings is 1.